The maximum Gasteiger partial charge on any atom is 0.185 e. The maximum absolute atomic E-state index is 11.2. The zero-order valence-corrected chi connectivity index (χ0v) is 13.8. The summed E-state index contributed by atoms with van der Waals surface area (Å²) in [6, 6.07) is 5.93. The zero-order chi connectivity index (χ0) is 15.5. The molecule has 0 saturated carbocycles. The fourth-order valence-corrected chi connectivity index (χ4v) is 3.10. The van der Waals surface area contributed by atoms with Crippen molar-refractivity contribution in [3.05, 3.63) is 40.7 Å². The molecule has 2 aromatic rings. The lowest BCUT2D eigenvalue weighted by Gasteiger charge is -2.17. The SMILES string of the molecule is CN(CCc1ccccn1)c1nc(C(C)(C)C)c(C=O)s1. The monoisotopic (exact) mass is 303 g/mol. The number of thiazole rings is 1. The highest BCUT2D eigenvalue weighted by Gasteiger charge is 2.24. The number of carbonyl (C=O) groups excluding carboxylic acids is 1. The van der Waals surface area contributed by atoms with Crippen LogP contribution in [0.3, 0.4) is 0 Å². The smallest absolute Gasteiger partial charge is 0.185 e. The minimum Gasteiger partial charge on any atom is -0.351 e. The number of pyridine rings is 1. The number of aldehydes is 1. The summed E-state index contributed by atoms with van der Waals surface area (Å²) in [6.07, 6.45) is 3.58. The van der Waals surface area contributed by atoms with Crippen LogP contribution < -0.4 is 4.90 Å². The standard InChI is InChI=1S/C16H21N3OS/c1-16(2,3)14-13(11-20)21-15(18-14)19(4)10-8-12-7-5-6-9-17-12/h5-7,9,11H,8,10H2,1-4H3. The van der Waals surface area contributed by atoms with Crippen LogP contribution in [0.4, 0.5) is 5.13 Å². The highest BCUT2D eigenvalue weighted by atomic mass is 32.1. The van der Waals surface area contributed by atoms with Gasteiger partial charge in [0.25, 0.3) is 0 Å². The molecule has 4 nitrogen and oxygen atoms in total. The van der Waals surface area contributed by atoms with E-state index in [1.807, 2.05) is 25.2 Å². The first kappa shape index (κ1) is 15.6. The lowest BCUT2D eigenvalue weighted by molar-refractivity contribution is 0.112. The van der Waals surface area contributed by atoms with E-state index in [9.17, 15) is 4.79 Å². The normalized spacial score (nSPS) is 11.4. The average molecular weight is 303 g/mol. The molecule has 112 valence electrons. The van der Waals surface area contributed by atoms with Crippen LogP contribution in [0.1, 0.15) is 41.8 Å². The largest absolute Gasteiger partial charge is 0.351 e. The summed E-state index contributed by atoms with van der Waals surface area (Å²) in [7, 11) is 2.00. The molecule has 21 heavy (non-hydrogen) atoms. The van der Waals surface area contributed by atoms with E-state index >= 15 is 0 Å². The minimum absolute atomic E-state index is 0.118. The second kappa shape index (κ2) is 6.35. The molecular weight excluding hydrogens is 282 g/mol. The highest BCUT2D eigenvalue weighted by Crippen LogP contribution is 2.32. The van der Waals surface area contributed by atoms with Crippen molar-refractivity contribution >= 4 is 22.8 Å². The van der Waals surface area contributed by atoms with Crippen molar-refractivity contribution in [1.82, 2.24) is 9.97 Å². The van der Waals surface area contributed by atoms with Crippen molar-refractivity contribution in [1.29, 1.82) is 0 Å². The first-order valence-electron chi connectivity index (χ1n) is 6.99. The molecule has 0 aromatic carbocycles. The Kier molecular flexibility index (Phi) is 4.73. The van der Waals surface area contributed by atoms with Gasteiger partial charge < -0.3 is 4.90 Å². The Morgan fingerprint density at radius 3 is 2.62 bits per heavy atom. The van der Waals surface area contributed by atoms with E-state index in [1.165, 1.54) is 11.3 Å². The van der Waals surface area contributed by atoms with Crippen LogP contribution in [0.5, 0.6) is 0 Å². The number of hydrogen-bond acceptors (Lipinski definition) is 5. The fraction of sp³-hybridized carbons (Fsp3) is 0.438. The van der Waals surface area contributed by atoms with E-state index in [1.54, 1.807) is 6.20 Å². The molecule has 0 aliphatic rings. The van der Waals surface area contributed by atoms with E-state index in [0.717, 1.165) is 40.6 Å². The van der Waals surface area contributed by atoms with E-state index in [0.29, 0.717) is 0 Å². The van der Waals surface area contributed by atoms with Gasteiger partial charge >= 0.3 is 0 Å². The van der Waals surface area contributed by atoms with Gasteiger partial charge in [-0.15, -0.1) is 0 Å². The number of aromatic nitrogens is 2. The van der Waals surface area contributed by atoms with Gasteiger partial charge in [-0.1, -0.05) is 38.2 Å². The molecule has 0 saturated heterocycles. The second-order valence-electron chi connectivity index (χ2n) is 6.07. The first-order chi connectivity index (χ1) is 9.91. The Bertz CT molecular complexity index is 602. The first-order valence-corrected chi connectivity index (χ1v) is 7.81. The molecule has 0 atom stereocenters. The number of nitrogens with zero attached hydrogens (tertiary/aromatic N) is 3. The Morgan fingerprint density at radius 2 is 2.10 bits per heavy atom. The number of hydrogen-bond donors (Lipinski definition) is 0. The molecule has 0 aliphatic heterocycles. The highest BCUT2D eigenvalue weighted by molar-refractivity contribution is 7.17. The topological polar surface area (TPSA) is 46.1 Å². The molecule has 0 fully saturated rings. The van der Waals surface area contributed by atoms with Crippen molar-refractivity contribution in [2.45, 2.75) is 32.6 Å². The number of rotatable bonds is 5. The third kappa shape index (κ3) is 3.88. The Balaban J connectivity index is 2.11. The van der Waals surface area contributed by atoms with Gasteiger partial charge in [0.1, 0.15) is 0 Å². The van der Waals surface area contributed by atoms with Gasteiger partial charge in [0.05, 0.1) is 10.6 Å². The summed E-state index contributed by atoms with van der Waals surface area (Å²) >= 11 is 1.46. The van der Waals surface area contributed by atoms with Crippen molar-refractivity contribution in [2.24, 2.45) is 0 Å². The lowest BCUT2D eigenvalue weighted by atomic mass is 9.91. The Morgan fingerprint density at radius 1 is 1.33 bits per heavy atom. The van der Waals surface area contributed by atoms with Crippen LogP contribution in [0, 0.1) is 0 Å². The maximum atomic E-state index is 11.2. The summed E-state index contributed by atoms with van der Waals surface area (Å²) in [5.41, 5.74) is 1.82. The molecule has 5 heteroatoms. The Labute approximate surface area is 129 Å². The second-order valence-corrected chi connectivity index (χ2v) is 7.08. The summed E-state index contributed by atoms with van der Waals surface area (Å²) in [5.74, 6) is 0. The number of anilines is 1. The quantitative estimate of drug-likeness (QED) is 0.795. The zero-order valence-electron chi connectivity index (χ0n) is 13.0. The predicted molar refractivity (Wildman–Crippen MR) is 87.4 cm³/mol. The molecule has 0 N–H and O–H groups in total. The van der Waals surface area contributed by atoms with E-state index in [4.69, 9.17) is 0 Å². The molecule has 2 aromatic heterocycles. The van der Waals surface area contributed by atoms with Crippen LogP contribution in [0.15, 0.2) is 24.4 Å². The van der Waals surface area contributed by atoms with Gasteiger partial charge in [-0.2, -0.15) is 0 Å². The van der Waals surface area contributed by atoms with Crippen molar-refractivity contribution in [3.63, 3.8) is 0 Å². The van der Waals surface area contributed by atoms with E-state index < -0.39 is 0 Å². The van der Waals surface area contributed by atoms with Crippen LogP contribution >= 0.6 is 11.3 Å². The fourth-order valence-electron chi connectivity index (χ4n) is 2.02. The number of likely N-dealkylation sites (N-methyl/N-ethyl adjacent to an activating group) is 1. The van der Waals surface area contributed by atoms with Crippen LogP contribution in [-0.2, 0) is 11.8 Å². The molecule has 0 spiro atoms. The van der Waals surface area contributed by atoms with Gasteiger partial charge in [0, 0.05) is 37.3 Å². The third-order valence-corrected chi connectivity index (χ3v) is 4.31. The van der Waals surface area contributed by atoms with Gasteiger partial charge in [-0.25, -0.2) is 4.98 Å². The molecule has 2 rings (SSSR count). The summed E-state index contributed by atoms with van der Waals surface area (Å²) in [5, 5.41) is 0.887. The van der Waals surface area contributed by atoms with Crippen LogP contribution in [0.25, 0.3) is 0 Å². The molecule has 0 amide bonds. The van der Waals surface area contributed by atoms with E-state index in [2.05, 4.69) is 35.6 Å². The van der Waals surface area contributed by atoms with Gasteiger partial charge in [0.15, 0.2) is 11.4 Å². The van der Waals surface area contributed by atoms with Gasteiger partial charge in [-0.05, 0) is 12.1 Å². The predicted octanol–water partition coefficient (Wildman–Crippen LogP) is 3.33. The average Bonchev–Trinajstić information content (AvgIpc) is 2.90. The third-order valence-electron chi connectivity index (χ3n) is 3.22. The van der Waals surface area contributed by atoms with Crippen LogP contribution in [0.2, 0.25) is 0 Å². The van der Waals surface area contributed by atoms with Gasteiger partial charge in [0.2, 0.25) is 0 Å². The molecule has 0 bridgehead atoms. The number of carbonyl (C=O) groups is 1. The molecule has 0 aliphatic carbocycles. The lowest BCUT2D eigenvalue weighted by Crippen LogP contribution is -2.21. The molecule has 2 heterocycles. The van der Waals surface area contributed by atoms with Crippen molar-refractivity contribution in [3.8, 4) is 0 Å². The Hall–Kier alpha value is -1.75. The van der Waals surface area contributed by atoms with Crippen molar-refractivity contribution in [2.75, 3.05) is 18.5 Å². The molecule has 0 radical (unpaired) electrons. The summed E-state index contributed by atoms with van der Waals surface area (Å²) in [4.78, 5) is 23.0. The van der Waals surface area contributed by atoms with Gasteiger partial charge in [-0.3, -0.25) is 9.78 Å². The van der Waals surface area contributed by atoms with Crippen LogP contribution in [-0.4, -0.2) is 29.8 Å². The molecular formula is C16H21N3OS. The van der Waals surface area contributed by atoms with E-state index in [-0.39, 0.29) is 5.41 Å². The molecule has 0 unspecified atom stereocenters. The summed E-state index contributed by atoms with van der Waals surface area (Å²) < 4.78 is 0. The van der Waals surface area contributed by atoms with Crippen molar-refractivity contribution < 1.29 is 4.79 Å². The summed E-state index contributed by atoms with van der Waals surface area (Å²) in [6.45, 7) is 7.05. The minimum atomic E-state index is -0.118.